The Labute approximate surface area is 223 Å². The molecular formula is C31H34N3O2S+. The van der Waals surface area contributed by atoms with E-state index in [0.717, 1.165) is 34.8 Å². The minimum absolute atomic E-state index is 0.00781. The van der Waals surface area contributed by atoms with Crippen molar-refractivity contribution in [3.8, 4) is 0 Å². The van der Waals surface area contributed by atoms with E-state index in [9.17, 15) is 9.59 Å². The Morgan fingerprint density at radius 3 is 2.70 bits per heavy atom. The van der Waals surface area contributed by atoms with E-state index in [1.807, 2.05) is 59.5 Å². The van der Waals surface area contributed by atoms with Crippen molar-refractivity contribution in [1.29, 1.82) is 0 Å². The molecule has 0 bridgehead atoms. The molecule has 2 unspecified atom stereocenters. The number of likely N-dealkylation sites (tertiary alicyclic amines) is 1. The number of rotatable bonds is 7. The lowest BCUT2D eigenvalue weighted by Crippen LogP contribution is -3.14. The molecule has 0 aliphatic carbocycles. The van der Waals surface area contributed by atoms with E-state index in [2.05, 4.69) is 43.4 Å². The van der Waals surface area contributed by atoms with Gasteiger partial charge in [0.15, 0.2) is 0 Å². The maximum atomic E-state index is 13.6. The highest BCUT2D eigenvalue weighted by atomic mass is 32.2. The number of nitrogens with zero attached hydrogens (tertiary/aromatic N) is 1. The smallest absolute Gasteiger partial charge is 0.265 e. The van der Waals surface area contributed by atoms with Crippen molar-refractivity contribution in [2.75, 3.05) is 24.5 Å². The molecule has 2 amide bonds. The highest BCUT2D eigenvalue weighted by Gasteiger charge is 2.29. The van der Waals surface area contributed by atoms with Gasteiger partial charge in [0.2, 0.25) is 0 Å². The summed E-state index contributed by atoms with van der Waals surface area (Å²) in [6.07, 6.45) is 4.33. The molecule has 0 radical (unpaired) electrons. The second-order valence-corrected chi connectivity index (χ2v) is 11.0. The van der Waals surface area contributed by atoms with E-state index in [4.69, 9.17) is 0 Å². The number of aryl methyl sites for hydroxylation is 1. The van der Waals surface area contributed by atoms with Gasteiger partial charge in [0.25, 0.3) is 11.8 Å². The Kier molecular flexibility index (Phi) is 7.77. The van der Waals surface area contributed by atoms with E-state index >= 15 is 0 Å². The average Bonchev–Trinajstić information content (AvgIpc) is 3.38. The number of hydrogen-bond donors (Lipinski definition) is 2. The van der Waals surface area contributed by atoms with Gasteiger partial charge in [0.05, 0.1) is 36.8 Å². The molecular weight excluding hydrogens is 478 g/mol. The molecule has 3 aromatic carbocycles. The first-order valence-corrected chi connectivity index (χ1v) is 13.9. The van der Waals surface area contributed by atoms with Gasteiger partial charge in [-0.3, -0.25) is 9.59 Å². The second kappa shape index (κ2) is 11.4. The summed E-state index contributed by atoms with van der Waals surface area (Å²) in [7, 11) is 0. The maximum Gasteiger partial charge on any atom is 0.265 e. The van der Waals surface area contributed by atoms with E-state index in [-0.39, 0.29) is 11.8 Å². The van der Waals surface area contributed by atoms with Gasteiger partial charge in [0, 0.05) is 23.3 Å². The largest absolute Gasteiger partial charge is 0.346 e. The summed E-state index contributed by atoms with van der Waals surface area (Å²) < 4.78 is 0. The predicted molar refractivity (Wildman–Crippen MR) is 151 cm³/mol. The first-order valence-electron chi connectivity index (χ1n) is 13.1. The normalized spacial score (nSPS) is 20.2. The molecule has 2 atom stereocenters. The van der Waals surface area contributed by atoms with Crippen molar-refractivity contribution in [3.63, 3.8) is 0 Å². The van der Waals surface area contributed by atoms with Gasteiger partial charge in [-0.15, -0.1) is 0 Å². The van der Waals surface area contributed by atoms with Crippen LogP contribution in [-0.2, 0) is 11.3 Å². The van der Waals surface area contributed by atoms with Gasteiger partial charge < -0.3 is 15.1 Å². The number of quaternary nitrogens is 1. The highest BCUT2D eigenvalue weighted by molar-refractivity contribution is 8.04. The Balaban J connectivity index is 1.31. The summed E-state index contributed by atoms with van der Waals surface area (Å²) in [5.74, 6) is -0.0468. The number of para-hydroxylation sites is 1. The van der Waals surface area contributed by atoms with Crippen LogP contribution in [0.25, 0.3) is 6.08 Å². The molecule has 3 aromatic rings. The Hall–Kier alpha value is -3.35. The Morgan fingerprint density at radius 1 is 1.11 bits per heavy atom. The summed E-state index contributed by atoms with van der Waals surface area (Å²) in [6, 6.07) is 24.4. The lowest BCUT2D eigenvalue weighted by atomic mass is 10.1. The SMILES string of the molecule is CC[NH+]1CCCC1CNC(=O)c1ccc(C=C2Sc3ccccc3N(Cc3cccc(C)c3)C2=O)cc1. The zero-order chi connectivity index (χ0) is 25.8. The fraction of sp³-hybridized carbons (Fsp3) is 0.290. The lowest BCUT2D eigenvalue weighted by Gasteiger charge is -2.30. The molecule has 190 valence electrons. The minimum Gasteiger partial charge on any atom is -0.346 e. The third kappa shape index (κ3) is 5.81. The minimum atomic E-state index is -0.0390. The van der Waals surface area contributed by atoms with Gasteiger partial charge >= 0.3 is 0 Å². The number of anilines is 1. The number of thioether (sulfide) groups is 1. The zero-order valence-corrected chi connectivity index (χ0v) is 22.3. The quantitative estimate of drug-likeness (QED) is 0.459. The molecule has 37 heavy (non-hydrogen) atoms. The number of carbonyl (C=O) groups excluding carboxylic acids is 2. The van der Waals surface area contributed by atoms with Crippen molar-refractivity contribution < 1.29 is 14.5 Å². The number of fused-ring (bicyclic) bond motifs is 1. The molecule has 1 fully saturated rings. The molecule has 2 aliphatic heterocycles. The first-order chi connectivity index (χ1) is 18.0. The van der Waals surface area contributed by atoms with Crippen LogP contribution in [-0.4, -0.2) is 37.5 Å². The monoisotopic (exact) mass is 512 g/mol. The Bertz CT molecular complexity index is 1320. The molecule has 6 heteroatoms. The summed E-state index contributed by atoms with van der Waals surface area (Å²) in [6.45, 7) is 7.81. The van der Waals surface area contributed by atoms with E-state index in [1.54, 1.807) is 4.90 Å². The number of amides is 2. The van der Waals surface area contributed by atoms with Crippen molar-refractivity contribution >= 4 is 35.3 Å². The zero-order valence-electron chi connectivity index (χ0n) is 21.5. The van der Waals surface area contributed by atoms with Crippen LogP contribution in [0.3, 0.4) is 0 Å². The van der Waals surface area contributed by atoms with Crippen LogP contribution in [0, 0.1) is 6.92 Å². The van der Waals surface area contributed by atoms with Gasteiger partial charge in [-0.1, -0.05) is 65.9 Å². The molecule has 5 rings (SSSR count). The number of carbonyl (C=O) groups is 2. The molecule has 1 saturated heterocycles. The van der Waals surface area contributed by atoms with Crippen LogP contribution < -0.4 is 15.1 Å². The number of hydrogen-bond acceptors (Lipinski definition) is 3. The standard InChI is InChI=1S/C31H33N3O2S/c1-3-33-17-7-10-26(33)20-32-30(35)25-15-13-23(14-16-25)19-29-31(36)34(21-24-9-6-8-22(2)18-24)27-11-4-5-12-28(27)37-29/h4-6,8-9,11-16,18-19,26H,3,7,10,17,20-21H2,1-2H3,(H,32,35)/p+1. The number of nitrogens with one attached hydrogen (secondary N) is 2. The molecule has 0 spiro atoms. The van der Waals surface area contributed by atoms with E-state index in [1.165, 1.54) is 36.7 Å². The Morgan fingerprint density at radius 2 is 1.92 bits per heavy atom. The van der Waals surface area contributed by atoms with Gasteiger partial charge in [0.1, 0.15) is 6.04 Å². The van der Waals surface area contributed by atoms with E-state index < -0.39 is 0 Å². The summed E-state index contributed by atoms with van der Waals surface area (Å²) in [5.41, 5.74) is 4.77. The van der Waals surface area contributed by atoms with Crippen LogP contribution in [0.2, 0.25) is 0 Å². The van der Waals surface area contributed by atoms with Crippen LogP contribution in [0.15, 0.2) is 82.6 Å². The van der Waals surface area contributed by atoms with Gasteiger partial charge in [-0.05, 0) is 55.3 Å². The first kappa shape index (κ1) is 25.3. The molecule has 0 saturated carbocycles. The fourth-order valence-electron chi connectivity index (χ4n) is 5.31. The summed E-state index contributed by atoms with van der Waals surface area (Å²) in [5, 5.41) is 3.12. The van der Waals surface area contributed by atoms with Crippen molar-refractivity contribution in [3.05, 3.63) is 100.0 Å². The summed E-state index contributed by atoms with van der Waals surface area (Å²) in [4.78, 5) is 31.5. The van der Waals surface area contributed by atoms with Crippen LogP contribution in [0.5, 0.6) is 0 Å². The van der Waals surface area contributed by atoms with Crippen molar-refractivity contribution in [1.82, 2.24) is 5.32 Å². The second-order valence-electron chi connectivity index (χ2n) is 9.89. The number of likely N-dealkylation sites (N-methyl/N-ethyl adjacent to an activating group) is 1. The molecule has 0 aromatic heterocycles. The van der Waals surface area contributed by atoms with Crippen molar-refractivity contribution in [2.24, 2.45) is 0 Å². The topological polar surface area (TPSA) is 53.9 Å². The third-order valence-corrected chi connectivity index (χ3v) is 8.39. The third-order valence-electron chi connectivity index (χ3n) is 7.32. The number of benzene rings is 3. The van der Waals surface area contributed by atoms with Crippen LogP contribution >= 0.6 is 11.8 Å². The maximum absolute atomic E-state index is 13.6. The average molecular weight is 513 g/mol. The fourth-order valence-corrected chi connectivity index (χ4v) is 6.37. The van der Waals surface area contributed by atoms with Crippen LogP contribution in [0.1, 0.15) is 46.8 Å². The van der Waals surface area contributed by atoms with Crippen LogP contribution in [0.4, 0.5) is 5.69 Å². The lowest BCUT2D eigenvalue weighted by molar-refractivity contribution is -0.909. The predicted octanol–water partition coefficient (Wildman–Crippen LogP) is 4.47. The summed E-state index contributed by atoms with van der Waals surface area (Å²) >= 11 is 1.50. The van der Waals surface area contributed by atoms with E-state index in [0.29, 0.717) is 23.1 Å². The van der Waals surface area contributed by atoms with Crippen molar-refractivity contribution in [2.45, 2.75) is 44.2 Å². The molecule has 2 N–H and O–H groups in total. The molecule has 2 heterocycles. The van der Waals surface area contributed by atoms with Gasteiger partial charge in [-0.25, -0.2) is 0 Å². The molecule has 2 aliphatic rings. The highest BCUT2D eigenvalue weighted by Crippen LogP contribution is 2.42. The molecule has 5 nitrogen and oxygen atoms in total. The van der Waals surface area contributed by atoms with Gasteiger partial charge in [-0.2, -0.15) is 0 Å².